The number of rotatable bonds is 4. The molecule has 0 heterocycles. The van der Waals surface area contributed by atoms with Crippen molar-refractivity contribution in [2.24, 2.45) is 0 Å². The first-order valence-electron chi connectivity index (χ1n) is 6.20. The maximum atomic E-state index is 11.6. The zero-order valence-electron chi connectivity index (χ0n) is 10.8. The fourth-order valence-corrected chi connectivity index (χ4v) is 2.41. The van der Waals surface area contributed by atoms with E-state index >= 15 is 0 Å². The molecule has 100 valence electrons. The molecule has 0 radical (unpaired) electrons. The van der Waals surface area contributed by atoms with E-state index in [0.717, 1.165) is 17.6 Å². The molecule has 0 fully saturated rings. The third-order valence-electron chi connectivity index (χ3n) is 3.13. The Morgan fingerprint density at radius 1 is 1.37 bits per heavy atom. The maximum absolute atomic E-state index is 11.6. The third-order valence-corrected chi connectivity index (χ3v) is 3.13. The van der Waals surface area contributed by atoms with Crippen molar-refractivity contribution in [3.63, 3.8) is 0 Å². The van der Waals surface area contributed by atoms with Gasteiger partial charge in [-0.25, -0.2) is 4.79 Å². The van der Waals surface area contributed by atoms with Crippen molar-refractivity contribution < 1.29 is 19.4 Å². The van der Waals surface area contributed by atoms with E-state index in [1.807, 2.05) is 19.1 Å². The Morgan fingerprint density at radius 3 is 2.79 bits per heavy atom. The number of ether oxygens (including phenoxy) is 1. The normalized spacial score (nSPS) is 18.9. The van der Waals surface area contributed by atoms with Gasteiger partial charge in [-0.15, -0.1) is 0 Å². The Labute approximate surface area is 111 Å². The molecule has 1 N–H and O–H groups in total. The summed E-state index contributed by atoms with van der Waals surface area (Å²) in [7, 11) is 0. The second-order valence-electron chi connectivity index (χ2n) is 4.78. The Balaban J connectivity index is 2.22. The molecule has 4 nitrogen and oxygen atoms in total. The van der Waals surface area contributed by atoms with Crippen LogP contribution in [0.15, 0.2) is 35.9 Å². The molecule has 0 aliphatic heterocycles. The molecule has 19 heavy (non-hydrogen) atoms. The highest BCUT2D eigenvalue weighted by Gasteiger charge is 2.23. The molecule has 0 spiro atoms. The van der Waals surface area contributed by atoms with Crippen molar-refractivity contribution >= 4 is 11.8 Å². The van der Waals surface area contributed by atoms with Gasteiger partial charge < -0.3 is 9.84 Å². The number of hydrogen-bond acceptors (Lipinski definition) is 3. The Bertz CT molecular complexity index is 531. The van der Waals surface area contributed by atoms with Crippen LogP contribution in [0.5, 0.6) is 5.75 Å². The van der Waals surface area contributed by atoms with Crippen molar-refractivity contribution in [1.29, 1.82) is 0 Å². The van der Waals surface area contributed by atoms with Gasteiger partial charge in [-0.1, -0.05) is 23.8 Å². The molecule has 0 saturated carbocycles. The maximum Gasteiger partial charge on any atom is 0.341 e. The smallest absolute Gasteiger partial charge is 0.341 e. The minimum absolute atomic E-state index is 0.0718. The standard InChI is InChI=1S/C15H16O4/c1-10-6-11(8-12(16)7-10)13-4-2-3-5-14(13)19-9-15(17)18/h2-5,7,11H,6,8-9H2,1H3,(H,17,18). The molecule has 0 aromatic heterocycles. The highest BCUT2D eigenvalue weighted by molar-refractivity contribution is 5.92. The van der Waals surface area contributed by atoms with E-state index in [9.17, 15) is 9.59 Å². The molecule has 2 rings (SSSR count). The van der Waals surface area contributed by atoms with E-state index in [1.54, 1.807) is 18.2 Å². The number of para-hydroxylation sites is 1. The molecule has 1 atom stereocenters. The number of allylic oxidation sites excluding steroid dienone is 2. The van der Waals surface area contributed by atoms with Crippen molar-refractivity contribution in [1.82, 2.24) is 0 Å². The lowest BCUT2D eigenvalue weighted by atomic mass is 9.83. The van der Waals surface area contributed by atoms with Gasteiger partial charge >= 0.3 is 5.97 Å². The van der Waals surface area contributed by atoms with Gasteiger partial charge in [-0.05, 0) is 37.0 Å². The molecule has 1 aliphatic rings. The first kappa shape index (κ1) is 13.3. The molecule has 4 heteroatoms. The van der Waals surface area contributed by atoms with Crippen LogP contribution >= 0.6 is 0 Å². The van der Waals surface area contributed by atoms with Crippen molar-refractivity contribution in [3.8, 4) is 5.75 Å². The number of ketones is 1. The molecule has 0 bridgehead atoms. The molecule has 0 amide bonds. The summed E-state index contributed by atoms with van der Waals surface area (Å²) in [4.78, 5) is 22.2. The SMILES string of the molecule is CC1=CC(=O)CC(c2ccccc2OCC(=O)O)C1. The molecule has 1 unspecified atom stereocenters. The summed E-state index contributed by atoms with van der Waals surface area (Å²) in [6.45, 7) is 1.57. The monoisotopic (exact) mass is 260 g/mol. The van der Waals surface area contributed by atoms with Gasteiger partial charge in [0.15, 0.2) is 12.4 Å². The minimum atomic E-state index is -1.01. The third kappa shape index (κ3) is 3.44. The molecule has 1 aliphatic carbocycles. The number of carboxylic acid groups (broad SMARTS) is 1. The van der Waals surface area contributed by atoms with Crippen molar-refractivity contribution in [2.75, 3.05) is 6.61 Å². The Hall–Kier alpha value is -2.10. The Kier molecular flexibility index (Phi) is 4.00. The van der Waals surface area contributed by atoms with Gasteiger partial charge in [-0.2, -0.15) is 0 Å². The van der Waals surface area contributed by atoms with E-state index in [1.165, 1.54) is 0 Å². The summed E-state index contributed by atoms with van der Waals surface area (Å²) in [5.41, 5.74) is 1.96. The van der Waals surface area contributed by atoms with E-state index in [-0.39, 0.29) is 18.3 Å². The number of carbonyl (C=O) groups excluding carboxylic acids is 1. The lowest BCUT2D eigenvalue weighted by Gasteiger charge is -2.22. The quantitative estimate of drug-likeness (QED) is 0.903. The van der Waals surface area contributed by atoms with Crippen molar-refractivity contribution in [3.05, 3.63) is 41.5 Å². The van der Waals surface area contributed by atoms with E-state index < -0.39 is 5.97 Å². The molecule has 1 aromatic carbocycles. The lowest BCUT2D eigenvalue weighted by Crippen LogP contribution is -2.15. The second kappa shape index (κ2) is 5.69. The van der Waals surface area contributed by atoms with Crippen LogP contribution in [0.25, 0.3) is 0 Å². The van der Waals surface area contributed by atoms with Gasteiger partial charge in [-0.3, -0.25) is 4.79 Å². The van der Waals surface area contributed by atoms with Gasteiger partial charge in [0.25, 0.3) is 0 Å². The van der Waals surface area contributed by atoms with Crippen LogP contribution in [0.4, 0.5) is 0 Å². The van der Waals surface area contributed by atoms with E-state index in [4.69, 9.17) is 9.84 Å². The minimum Gasteiger partial charge on any atom is -0.482 e. The van der Waals surface area contributed by atoms with Gasteiger partial charge in [0.05, 0.1) is 0 Å². The average molecular weight is 260 g/mol. The second-order valence-corrected chi connectivity index (χ2v) is 4.78. The highest BCUT2D eigenvalue weighted by atomic mass is 16.5. The summed E-state index contributed by atoms with van der Waals surface area (Å²) >= 11 is 0. The summed E-state index contributed by atoms with van der Waals surface area (Å²) in [6, 6.07) is 7.32. The number of hydrogen-bond donors (Lipinski definition) is 1. The number of carboxylic acids is 1. The van der Waals surface area contributed by atoms with Crippen LogP contribution in [0, 0.1) is 0 Å². The fourth-order valence-electron chi connectivity index (χ4n) is 2.41. The van der Waals surface area contributed by atoms with Crippen molar-refractivity contribution in [2.45, 2.75) is 25.7 Å². The molecule has 0 saturated heterocycles. The molecular weight excluding hydrogens is 244 g/mol. The van der Waals surface area contributed by atoms with E-state index in [0.29, 0.717) is 12.2 Å². The van der Waals surface area contributed by atoms with Gasteiger partial charge in [0.1, 0.15) is 5.75 Å². The summed E-state index contributed by atoms with van der Waals surface area (Å²) in [5.74, 6) is -0.271. The topological polar surface area (TPSA) is 63.6 Å². The van der Waals surface area contributed by atoms with Crippen LogP contribution in [-0.4, -0.2) is 23.5 Å². The van der Waals surface area contributed by atoms with Gasteiger partial charge in [0.2, 0.25) is 0 Å². The predicted molar refractivity (Wildman–Crippen MR) is 70.3 cm³/mol. The molecular formula is C15H16O4. The van der Waals surface area contributed by atoms with Crippen LogP contribution in [0.3, 0.4) is 0 Å². The number of carbonyl (C=O) groups is 2. The number of benzene rings is 1. The Morgan fingerprint density at radius 2 is 2.11 bits per heavy atom. The molecule has 1 aromatic rings. The zero-order valence-corrected chi connectivity index (χ0v) is 10.8. The zero-order chi connectivity index (χ0) is 13.8. The van der Waals surface area contributed by atoms with E-state index in [2.05, 4.69) is 0 Å². The largest absolute Gasteiger partial charge is 0.482 e. The predicted octanol–water partition coefficient (Wildman–Crippen LogP) is 2.54. The van der Waals surface area contributed by atoms with Crippen LogP contribution in [0.1, 0.15) is 31.2 Å². The van der Waals surface area contributed by atoms with Crippen LogP contribution in [0.2, 0.25) is 0 Å². The van der Waals surface area contributed by atoms with Crippen LogP contribution < -0.4 is 4.74 Å². The lowest BCUT2D eigenvalue weighted by molar-refractivity contribution is -0.139. The first-order valence-corrected chi connectivity index (χ1v) is 6.20. The number of aliphatic carboxylic acids is 1. The average Bonchev–Trinajstić information content (AvgIpc) is 2.35. The summed E-state index contributed by atoms with van der Waals surface area (Å²) in [5, 5.41) is 8.67. The van der Waals surface area contributed by atoms with Crippen LogP contribution in [-0.2, 0) is 9.59 Å². The summed E-state index contributed by atoms with van der Waals surface area (Å²) < 4.78 is 5.29. The first-order chi connectivity index (χ1) is 9.06. The summed E-state index contributed by atoms with van der Waals surface area (Å²) in [6.07, 6.45) is 2.93. The highest BCUT2D eigenvalue weighted by Crippen LogP contribution is 2.36. The van der Waals surface area contributed by atoms with Gasteiger partial charge in [0, 0.05) is 6.42 Å². The fraction of sp³-hybridized carbons (Fsp3) is 0.333.